The summed E-state index contributed by atoms with van der Waals surface area (Å²) in [4.78, 5) is 11.6. The maximum Gasteiger partial charge on any atom is 0.258 e. The largest absolute Gasteiger partial charge is 0.484 e. The Morgan fingerprint density at radius 2 is 2.16 bits per heavy atom. The maximum atomic E-state index is 11.6. The van der Waals surface area contributed by atoms with E-state index < -0.39 is 6.10 Å². The summed E-state index contributed by atoms with van der Waals surface area (Å²) in [6, 6.07) is 7.69. The second-order valence-electron chi connectivity index (χ2n) is 4.91. The predicted molar refractivity (Wildman–Crippen MR) is 75.2 cm³/mol. The lowest BCUT2D eigenvalue weighted by Crippen LogP contribution is -2.37. The van der Waals surface area contributed by atoms with Gasteiger partial charge in [0.25, 0.3) is 5.91 Å². The smallest absolute Gasteiger partial charge is 0.258 e. The van der Waals surface area contributed by atoms with Gasteiger partial charge in [0.15, 0.2) is 6.61 Å². The number of nitrogens with one attached hydrogen (secondary N) is 1. The predicted octanol–water partition coefficient (Wildman–Crippen LogP) is 1.76. The standard InChI is InChI=1S/C15H23NO3/c1-4-12-6-5-7-13(8-12)19-10-15(18)16-9-14(17)11(2)3/h5-8,11,14,17H,4,9-10H2,1-3H3,(H,16,18). The van der Waals surface area contributed by atoms with E-state index in [9.17, 15) is 9.90 Å². The van der Waals surface area contributed by atoms with Gasteiger partial charge in [-0.25, -0.2) is 0 Å². The van der Waals surface area contributed by atoms with Gasteiger partial charge < -0.3 is 15.2 Å². The Hall–Kier alpha value is -1.55. The van der Waals surface area contributed by atoms with Crippen LogP contribution in [0.4, 0.5) is 0 Å². The minimum Gasteiger partial charge on any atom is -0.484 e. The third-order valence-corrected chi connectivity index (χ3v) is 2.95. The first-order valence-corrected chi connectivity index (χ1v) is 6.69. The highest BCUT2D eigenvalue weighted by molar-refractivity contribution is 5.77. The molecule has 1 unspecified atom stereocenters. The normalized spacial score (nSPS) is 12.3. The van der Waals surface area contributed by atoms with Crippen molar-refractivity contribution in [1.82, 2.24) is 5.32 Å². The molecule has 0 heterocycles. The Kier molecular flexibility index (Phi) is 6.36. The van der Waals surface area contributed by atoms with Crippen molar-refractivity contribution in [2.24, 2.45) is 5.92 Å². The quantitative estimate of drug-likeness (QED) is 0.790. The molecule has 0 aliphatic heterocycles. The van der Waals surface area contributed by atoms with Crippen LogP contribution in [0.2, 0.25) is 0 Å². The van der Waals surface area contributed by atoms with E-state index >= 15 is 0 Å². The number of rotatable bonds is 7. The van der Waals surface area contributed by atoms with Gasteiger partial charge in [-0.3, -0.25) is 4.79 Å². The number of hydrogen-bond donors (Lipinski definition) is 2. The number of carbonyl (C=O) groups is 1. The third kappa shape index (κ3) is 5.75. The highest BCUT2D eigenvalue weighted by atomic mass is 16.5. The molecule has 0 saturated carbocycles. The maximum absolute atomic E-state index is 11.6. The van der Waals surface area contributed by atoms with Crippen LogP contribution in [-0.2, 0) is 11.2 Å². The molecule has 0 radical (unpaired) electrons. The summed E-state index contributed by atoms with van der Waals surface area (Å²) in [5.41, 5.74) is 1.17. The Labute approximate surface area is 114 Å². The van der Waals surface area contributed by atoms with Gasteiger partial charge in [-0.2, -0.15) is 0 Å². The lowest BCUT2D eigenvalue weighted by Gasteiger charge is -2.15. The summed E-state index contributed by atoms with van der Waals surface area (Å²) in [6.07, 6.45) is 0.414. The van der Waals surface area contributed by atoms with Gasteiger partial charge in [0, 0.05) is 6.54 Å². The third-order valence-electron chi connectivity index (χ3n) is 2.95. The van der Waals surface area contributed by atoms with Crippen LogP contribution in [0.5, 0.6) is 5.75 Å². The fourth-order valence-electron chi connectivity index (χ4n) is 1.51. The molecule has 1 aromatic rings. The van der Waals surface area contributed by atoms with E-state index in [0.29, 0.717) is 5.75 Å². The molecule has 0 aliphatic carbocycles. The van der Waals surface area contributed by atoms with Crippen LogP contribution in [0.1, 0.15) is 26.3 Å². The van der Waals surface area contributed by atoms with Crippen molar-refractivity contribution in [1.29, 1.82) is 0 Å². The Morgan fingerprint density at radius 1 is 1.42 bits per heavy atom. The molecule has 2 N–H and O–H groups in total. The van der Waals surface area contributed by atoms with Gasteiger partial charge in [0.2, 0.25) is 0 Å². The van der Waals surface area contributed by atoms with Crippen molar-refractivity contribution >= 4 is 5.91 Å². The minimum atomic E-state index is -0.521. The van der Waals surface area contributed by atoms with Crippen LogP contribution in [0.3, 0.4) is 0 Å². The van der Waals surface area contributed by atoms with Crippen molar-refractivity contribution in [3.8, 4) is 5.75 Å². The first kappa shape index (κ1) is 15.5. The monoisotopic (exact) mass is 265 g/mol. The minimum absolute atomic E-state index is 0.0298. The Bertz CT molecular complexity index is 404. The Balaban J connectivity index is 2.33. The van der Waals surface area contributed by atoms with Gasteiger partial charge in [-0.05, 0) is 30.0 Å². The molecule has 0 saturated heterocycles. The molecular weight excluding hydrogens is 242 g/mol. The zero-order valence-electron chi connectivity index (χ0n) is 11.8. The number of hydrogen-bond acceptors (Lipinski definition) is 3. The lowest BCUT2D eigenvalue weighted by molar-refractivity contribution is -0.123. The Morgan fingerprint density at radius 3 is 2.79 bits per heavy atom. The molecule has 1 amide bonds. The van der Waals surface area contributed by atoms with E-state index in [0.717, 1.165) is 6.42 Å². The van der Waals surface area contributed by atoms with Gasteiger partial charge in [0.1, 0.15) is 5.75 Å². The number of carbonyl (C=O) groups excluding carboxylic acids is 1. The molecule has 4 nitrogen and oxygen atoms in total. The van der Waals surface area contributed by atoms with Gasteiger partial charge in [-0.15, -0.1) is 0 Å². The first-order chi connectivity index (χ1) is 9.02. The lowest BCUT2D eigenvalue weighted by atomic mass is 10.1. The highest BCUT2D eigenvalue weighted by Crippen LogP contribution is 2.13. The molecule has 1 rings (SSSR count). The molecule has 19 heavy (non-hydrogen) atoms. The fraction of sp³-hybridized carbons (Fsp3) is 0.533. The van der Waals surface area contributed by atoms with E-state index in [1.54, 1.807) is 0 Å². The van der Waals surface area contributed by atoms with Gasteiger partial charge in [0.05, 0.1) is 6.10 Å². The second-order valence-corrected chi connectivity index (χ2v) is 4.91. The molecule has 0 aliphatic rings. The van der Waals surface area contributed by atoms with E-state index in [1.165, 1.54) is 5.56 Å². The summed E-state index contributed by atoms with van der Waals surface area (Å²) >= 11 is 0. The summed E-state index contributed by atoms with van der Waals surface area (Å²) in [6.45, 7) is 6.11. The van der Waals surface area contributed by atoms with E-state index in [4.69, 9.17) is 4.74 Å². The number of ether oxygens (including phenoxy) is 1. The molecule has 106 valence electrons. The molecule has 1 aromatic carbocycles. The molecule has 0 aromatic heterocycles. The number of aliphatic hydroxyl groups excluding tert-OH is 1. The number of aryl methyl sites for hydroxylation is 1. The van der Waals surface area contributed by atoms with Crippen molar-refractivity contribution in [2.45, 2.75) is 33.3 Å². The van der Waals surface area contributed by atoms with Crippen molar-refractivity contribution in [3.63, 3.8) is 0 Å². The fourth-order valence-corrected chi connectivity index (χ4v) is 1.51. The van der Waals surface area contributed by atoms with Crippen molar-refractivity contribution in [2.75, 3.05) is 13.2 Å². The summed E-state index contributed by atoms with van der Waals surface area (Å²) in [7, 11) is 0. The van der Waals surface area contributed by atoms with Gasteiger partial charge >= 0.3 is 0 Å². The van der Waals surface area contributed by atoms with Crippen LogP contribution in [0.15, 0.2) is 24.3 Å². The summed E-state index contributed by atoms with van der Waals surface area (Å²) in [5, 5.41) is 12.2. The highest BCUT2D eigenvalue weighted by Gasteiger charge is 2.10. The summed E-state index contributed by atoms with van der Waals surface area (Å²) < 4.78 is 5.41. The average molecular weight is 265 g/mol. The molecule has 0 bridgehead atoms. The number of benzene rings is 1. The molecule has 4 heteroatoms. The van der Waals surface area contributed by atoms with E-state index in [1.807, 2.05) is 38.1 Å². The van der Waals surface area contributed by atoms with Crippen LogP contribution < -0.4 is 10.1 Å². The summed E-state index contributed by atoms with van der Waals surface area (Å²) in [5.74, 6) is 0.600. The van der Waals surface area contributed by atoms with Crippen LogP contribution in [-0.4, -0.2) is 30.3 Å². The topological polar surface area (TPSA) is 58.6 Å². The van der Waals surface area contributed by atoms with Gasteiger partial charge in [-0.1, -0.05) is 32.9 Å². The van der Waals surface area contributed by atoms with E-state index in [2.05, 4.69) is 12.2 Å². The number of aliphatic hydroxyl groups is 1. The van der Waals surface area contributed by atoms with Crippen LogP contribution in [0.25, 0.3) is 0 Å². The van der Waals surface area contributed by atoms with E-state index in [-0.39, 0.29) is 25.0 Å². The first-order valence-electron chi connectivity index (χ1n) is 6.69. The average Bonchev–Trinajstić information content (AvgIpc) is 2.42. The molecular formula is C15H23NO3. The molecule has 1 atom stereocenters. The van der Waals surface area contributed by atoms with Crippen molar-refractivity contribution < 1.29 is 14.6 Å². The van der Waals surface area contributed by atoms with Crippen LogP contribution >= 0.6 is 0 Å². The van der Waals surface area contributed by atoms with Crippen LogP contribution in [0, 0.1) is 5.92 Å². The van der Waals surface area contributed by atoms with Crippen molar-refractivity contribution in [3.05, 3.63) is 29.8 Å². The molecule has 0 fully saturated rings. The zero-order chi connectivity index (χ0) is 14.3. The number of amides is 1. The zero-order valence-corrected chi connectivity index (χ0v) is 11.8. The second kappa shape index (κ2) is 7.79. The SMILES string of the molecule is CCc1cccc(OCC(=O)NCC(O)C(C)C)c1. The molecule has 0 spiro atoms.